The Labute approximate surface area is 137 Å². The highest BCUT2D eigenvalue weighted by Crippen LogP contribution is 2.29. The molecule has 0 unspecified atom stereocenters. The molecule has 1 aliphatic heterocycles. The fourth-order valence-corrected chi connectivity index (χ4v) is 4.06. The molecule has 22 heavy (non-hydrogen) atoms. The van der Waals surface area contributed by atoms with Crippen LogP contribution in [0, 0.1) is 0 Å². The van der Waals surface area contributed by atoms with Crippen LogP contribution in [0.25, 0.3) is 0 Å². The van der Waals surface area contributed by atoms with E-state index in [0.717, 1.165) is 16.2 Å². The van der Waals surface area contributed by atoms with E-state index in [4.69, 9.17) is 0 Å². The Morgan fingerprint density at radius 2 is 1.95 bits per heavy atom. The molecule has 1 saturated heterocycles. The third-order valence-electron chi connectivity index (χ3n) is 3.46. The van der Waals surface area contributed by atoms with Crippen molar-refractivity contribution in [2.45, 2.75) is 12.5 Å². The predicted octanol–water partition coefficient (Wildman–Crippen LogP) is 2.43. The van der Waals surface area contributed by atoms with Gasteiger partial charge in [-0.05, 0) is 29.3 Å². The van der Waals surface area contributed by atoms with Crippen molar-refractivity contribution in [3.8, 4) is 0 Å². The predicted molar refractivity (Wildman–Crippen MR) is 88.2 cm³/mol. The lowest BCUT2D eigenvalue weighted by Gasteiger charge is -2.27. The first kappa shape index (κ1) is 15.1. The standard InChI is InChI=1S/C15H17N3O2S2/c19-13(10-18-7-3-6-16-15(18)20)17-14(11-4-1-8-21-11)12-5-2-9-22-12/h1-2,4-5,8-9,14H,3,6-7,10H2,(H,16,20)(H,17,19). The minimum Gasteiger partial charge on any atom is -0.342 e. The van der Waals surface area contributed by atoms with Gasteiger partial charge in [-0.2, -0.15) is 0 Å². The molecule has 116 valence electrons. The van der Waals surface area contributed by atoms with Gasteiger partial charge in [0.2, 0.25) is 5.91 Å². The Balaban J connectivity index is 1.68. The summed E-state index contributed by atoms with van der Waals surface area (Å²) in [7, 11) is 0. The maximum atomic E-state index is 12.3. The van der Waals surface area contributed by atoms with E-state index < -0.39 is 0 Å². The number of hydrogen-bond donors (Lipinski definition) is 2. The summed E-state index contributed by atoms with van der Waals surface area (Å²) in [5.41, 5.74) is 0. The van der Waals surface area contributed by atoms with Crippen molar-refractivity contribution in [1.82, 2.24) is 15.5 Å². The summed E-state index contributed by atoms with van der Waals surface area (Å²) in [6.07, 6.45) is 0.873. The number of carbonyl (C=O) groups excluding carboxylic acids is 2. The van der Waals surface area contributed by atoms with Gasteiger partial charge in [-0.15, -0.1) is 22.7 Å². The van der Waals surface area contributed by atoms with Crippen molar-refractivity contribution in [3.63, 3.8) is 0 Å². The monoisotopic (exact) mass is 335 g/mol. The van der Waals surface area contributed by atoms with Gasteiger partial charge < -0.3 is 15.5 Å². The number of thiophene rings is 2. The van der Waals surface area contributed by atoms with Gasteiger partial charge in [-0.25, -0.2) is 4.79 Å². The van der Waals surface area contributed by atoms with Crippen molar-refractivity contribution in [3.05, 3.63) is 44.8 Å². The highest BCUT2D eigenvalue weighted by molar-refractivity contribution is 7.11. The van der Waals surface area contributed by atoms with Gasteiger partial charge in [-0.1, -0.05) is 12.1 Å². The van der Waals surface area contributed by atoms with Crippen LogP contribution in [0.3, 0.4) is 0 Å². The smallest absolute Gasteiger partial charge is 0.317 e. The number of hydrogen-bond acceptors (Lipinski definition) is 4. The van der Waals surface area contributed by atoms with Gasteiger partial charge in [0, 0.05) is 22.8 Å². The maximum absolute atomic E-state index is 12.3. The zero-order valence-electron chi connectivity index (χ0n) is 12.0. The second-order valence-electron chi connectivity index (χ2n) is 5.04. The topological polar surface area (TPSA) is 61.4 Å². The third kappa shape index (κ3) is 3.48. The van der Waals surface area contributed by atoms with E-state index >= 15 is 0 Å². The molecule has 0 spiro atoms. The number of nitrogens with one attached hydrogen (secondary N) is 2. The third-order valence-corrected chi connectivity index (χ3v) is 5.34. The Morgan fingerprint density at radius 3 is 2.50 bits per heavy atom. The molecule has 5 nitrogen and oxygen atoms in total. The largest absolute Gasteiger partial charge is 0.342 e. The zero-order valence-corrected chi connectivity index (χ0v) is 13.6. The fraction of sp³-hybridized carbons (Fsp3) is 0.333. The molecule has 1 aliphatic rings. The van der Waals surface area contributed by atoms with Crippen molar-refractivity contribution >= 4 is 34.6 Å². The van der Waals surface area contributed by atoms with E-state index in [1.165, 1.54) is 0 Å². The maximum Gasteiger partial charge on any atom is 0.317 e. The van der Waals surface area contributed by atoms with E-state index in [9.17, 15) is 9.59 Å². The Hall–Kier alpha value is -1.86. The van der Waals surface area contributed by atoms with Crippen molar-refractivity contribution < 1.29 is 9.59 Å². The van der Waals surface area contributed by atoms with Crippen LogP contribution in [0.2, 0.25) is 0 Å². The Bertz CT molecular complexity index is 591. The highest BCUT2D eigenvalue weighted by Gasteiger charge is 2.23. The van der Waals surface area contributed by atoms with Crippen LogP contribution in [0.1, 0.15) is 22.2 Å². The summed E-state index contributed by atoms with van der Waals surface area (Å²) < 4.78 is 0. The molecule has 0 aromatic carbocycles. The zero-order chi connectivity index (χ0) is 15.4. The van der Waals surface area contributed by atoms with Crippen LogP contribution in [0.4, 0.5) is 4.79 Å². The second-order valence-corrected chi connectivity index (χ2v) is 7.00. The number of amides is 3. The molecule has 0 aliphatic carbocycles. The molecular formula is C15H17N3O2S2. The summed E-state index contributed by atoms with van der Waals surface area (Å²) in [6.45, 7) is 1.41. The summed E-state index contributed by atoms with van der Waals surface area (Å²) in [4.78, 5) is 27.8. The molecule has 0 radical (unpaired) electrons. The quantitative estimate of drug-likeness (QED) is 0.881. The molecule has 2 N–H and O–H groups in total. The number of urea groups is 1. The first-order valence-corrected chi connectivity index (χ1v) is 8.89. The minimum absolute atomic E-state index is 0.0963. The lowest BCUT2D eigenvalue weighted by atomic mass is 10.2. The van der Waals surface area contributed by atoms with Gasteiger partial charge in [0.15, 0.2) is 0 Å². The van der Waals surface area contributed by atoms with Crippen molar-refractivity contribution in [1.29, 1.82) is 0 Å². The fourth-order valence-electron chi connectivity index (χ4n) is 2.40. The van der Waals surface area contributed by atoms with Gasteiger partial charge >= 0.3 is 6.03 Å². The van der Waals surface area contributed by atoms with E-state index in [-0.39, 0.29) is 24.5 Å². The average Bonchev–Trinajstić information content (AvgIpc) is 3.21. The van der Waals surface area contributed by atoms with E-state index in [1.807, 2.05) is 35.0 Å². The summed E-state index contributed by atoms with van der Waals surface area (Å²) in [5.74, 6) is -0.135. The molecule has 3 rings (SSSR count). The summed E-state index contributed by atoms with van der Waals surface area (Å²) in [5, 5.41) is 9.81. The van der Waals surface area contributed by atoms with Crippen LogP contribution in [0.5, 0.6) is 0 Å². The lowest BCUT2D eigenvalue weighted by molar-refractivity contribution is -0.122. The Morgan fingerprint density at radius 1 is 1.27 bits per heavy atom. The summed E-state index contributed by atoms with van der Waals surface area (Å²) in [6, 6.07) is 7.69. The normalized spacial score (nSPS) is 15.0. The first-order valence-electron chi connectivity index (χ1n) is 7.13. The molecule has 2 aromatic rings. The van der Waals surface area contributed by atoms with E-state index in [1.54, 1.807) is 27.6 Å². The van der Waals surface area contributed by atoms with E-state index in [0.29, 0.717) is 13.1 Å². The number of carbonyl (C=O) groups is 2. The molecular weight excluding hydrogens is 318 g/mol. The SMILES string of the molecule is O=C(CN1CCCNC1=O)NC(c1cccs1)c1cccs1. The lowest BCUT2D eigenvalue weighted by Crippen LogP contribution is -2.50. The molecule has 0 saturated carbocycles. The minimum atomic E-state index is -0.162. The van der Waals surface area contributed by atoms with Gasteiger partial charge in [0.1, 0.15) is 6.54 Å². The molecule has 2 aromatic heterocycles. The molecule has 0 bridgehead atoms. The van der Waals surface area contributed by atoms with Crippen LogP contribution in [0.15, 0.2) is 35.0 Å². The number of rotatable bonds is 5. The van der Waals surface area contributed by atoms with Crippen LogP contribution in [-0.4, -0.2) is 36.5 Å². The summed E-state index contributed by atoms with van der Waals surface area (Å²) >= 11 is 3.23. The van der Waals surface area contributed by atoms with Crippen molar-refractivity contribution in [2.24, 2.45) is 0 Å². The van der Waals surface area contributed by atoms with Crippen LogP contribution in [-0.2, 0) is 4.79 Å². The van der Waals surface area contributed by atoms with Gasteiger partial charge in [0.25, 0.3) is 0 Å². The highest BCUT2D eigenvalue weighted by atomic mass is 32.1. The molecule has 7 heteroatoms. The van der Waals surface area contributed by atoms with Gasteiger partial charge in [-0.3, -0.25) is 4.79 Å². The average molecular weight is 335 g/mol. The second kappa shape index (κ2) is 6.93. The Kier molecular flexibility index (Phi) is 4.74. The molecule has 0 atom stereocenters. The van der Waals surface area contributed by atoms with Crippen LogP contribution < -0.4 is 10.6 Å². The first-order chi connectivity index (χ1) is 10.7. The molecule has 3 amide bonds. The van der Waals surface area contributed by atoms with E-state index in [2.05, 4.69) is 10.6 Å². The number of nitrogens with zero attached hydrogens (tertiary/aromatic N) is 1. The molecule has 3 heterocycles. The van der Waals surface area contributed by atoms with Crippen LogP contribution >= 0.6 is 22.7 Å². The van der Waals surface area contributed by atoms with Gasteiger partial charge in [0.05, 0.1) is 6.04 Å². The van der Waals surface area contributed by atoms with Crippen molar-refractivity contribution in [2.75, 3.05) is 19.6 Å². The molecule has 1 fully saturated rings.